The zero-order chi connectivity index (χ0) is 21.8. The third-order valence-corrected chi connectivity index (χ3v) is 7.31. The highest BCUT2D eigenvalue weighted by Gasteiger charge is 2.61. The van der Waals surface area contributed by atoms with E-state index in [4.69, 9.17) is 4.74 Å². The van der Waals surface area contributed by atoms with Gasteiger partial charge in [-0.05, 0) is 52.9 Å². The molecule has 32 heavy (non-hydrogen) atoms. The molecule has 0 radical (unpaired) electrons. The maximum Gasteiger partial charge on any atom is 0.238 e. The largest absolute Gasteiger partial charge is 0.494 e. The number of nitrogens with zero attached hydrogens (tertiary/aromatic N) is 1. The number of hydrogen-bond donors (Lipinski definition) is 0. The van der Waals surface area contributed by atoms with Crippen molar-refractivity contribution in [1.82, 2.24) is 0 Å². The summed E-state index contributed by atoms with van der Waals surface area (Å²) in [4.78, 5) is 28.9. The molecule has 160 valence electrons. The molecule has 2 bridgehead atoms. The van der Waals surface area contributed by atoms with Gasteiger partial charge in [0, 0.05) is 11.8 Å². The molecule has 4 aliphatic rings. The van der Waals surface area contributed by atoms with Crippen LogP contribution in [0.2, 0.25) is 0 Å². The third-order valence-electron chi connectivity index (χ3n) is 7.31. The first-order chi connectivity index (χ1) is 15.7. The van der Waals surface area contributed by atoms with Crippen molar-refractivity contribution in [1.29, 1.82) is 0 Å². The van der Waals surface area contributed by atoms with Crippen LogP contribution < -0.4 is 9.64 Å². The molecule has 0 saturated carbocycles. The lowest BCUT2D eigenvalue weighted by Crippen LogP contribution is -2.41. The fourth-order valence-electron chi connectivity index (χ4n) is 5.96. The Balaban J connectivity index is 1.39. The van der Waals surface area contributed by atoms with Gasteiger partial charge in [-0.15, -0.1) is 0 Å². The molecular weight excluding hydrogens is 398 g/mol. The van der Waals surface area contributed by atoms with Crippen molar-refractivity contribution in [2.75, 3.05) is 11.5 Å². The van der Waals surface area contributed by atoms with Gasteiger partial charge in [-0.1, -0.05) is 61.9 Å². The molecule has 1 aliphatic heterocycles. The minimum atomic E-state index is -0.349. The first kappa shape index (κ1) is 19.3. The van der Waals surface area contributed by atoms with Crippen molar-refractivity contribution in [3.8, 4) is 5.75 Å². The Labute approximate surface area is 187 Å². The zero-order valence-electron chi connectivity index (χ0n) is 18.0. The van der Waals surface area contributed by atoms with Crippen molar-refractivity contribution >= 4 is 17.5 Å². The number of anilines is 1. The summed E-state index contributed by atoms with van der Waals surface area (Å²) in [6.45, 7) is 2.79. The summed E-state index contributed by atoms with van der Waals surface area (Å²) < 4.78 is 5.75. The predicted octanol–water partition coefficient (Wildman–Crippen LogP) is 5.26. The predicted molar refractivity (Wildman–Crippen MR) is 123 cm³/mol. The topological polar surface area (TPSA) is 46.6 Å². The number of hydrogen-bond acceptors (Lipinski definition) is 3. The van der Waals surface area contributed by atoms with E-state index in [0.29, 0.717) is 12.3 Å². The molecule has 3 aromatic rings. The molecule has 0 spiro atoms. The quantitative estimate of drug-likeness (QED) is 0.415. The Hall–Kier alpha value is -3.40. The highest BCUT2D eigenvalue weighted by Crippen LogP contribution is 2.61. The molecule has 1 fully saturated rings. The Morgan fingerprint density at radius 3 is 1.62 bits per heavy atom. The number of ether oxygens (including phenoxy) is 1. The molecule has 7 rings (SSSR count). The monoisotopic (exact) mass is 423 g/mol. The van der Waals surface area contributed by atoms with Crippen molar-refractivity contribution in [2.24, 2.45) is 11.8 Å². The highest BCUT2D eigenvalue weighted by atomic mass is 16.5. The molecule has 1 saturated heterocycles. The van der Waals surface area contributed by atoms with Gasteiger partial charge in [0.2, 0.25) is 11.8 Å². The van der Waals surface area contributed by atoms with Crippen LogP contribution in [0.15, 0.2) is 72.8 Å². The molecular formula is C28H25NO3. The van der Waals surface area contributed by atoms with Gasteiger partial charge in [0.25, 0.3) is 0 Å². The lowest BCUT2D eigenvalue weighted by Gasteiger charge is -2.45. The minimum absolute atomic E-state index is 0.0736. The Morgan fingerprint density at radius 2 is 1.19 bits per heavy atom. The molecule has 2 amide bonds. The third kappa shape index (κ3) is 2.62. The molecule has 0 N–H and O–H groups in total. The molecule has 2 atom stereocenters. The van der Waals surface area contributed by atoms with Crippen LogP contribution in [-0.2, 0) is 9.59 Å². The van der Waals surface area contributed by atoms with Gasteiger partial charge in [0.15, 0.2) is 0 Å². The number of carbonyl (C=O) groups is 2. The maximum absolute atomic E-state index is 13.7. The summed E-state index contributed by atoms with van der Waals surface area (Å²) >= 11 is 0. The maximum atomic E-state index is 13.7. The van der Waals surface area contributed by atoms with E-state index in [0.717, 1.165) is 18.6 Å². The van der Waals surface area contributed by atoms with E-state index in [9.17, 15) is 9.59 Å². The van der Waals surface area contributed by atoms with Gasteiger partial charge >= 0.3 is 0 Å². The summed E-state index contributed by atoms with van der Waals surface area (Å²) in [5, 5.41) is 0. The van der Waals surface area contributed by atoms with Crippen molar-refractivity contribution in [3.05, 3.63) is 95.1 Å². The van der Waals surface area contributed by atoms with Gasteiger partial charge in [0.1, 0.15) is 5.75 Å². The average Bonchev–Trinajstić information content (AvgIpc) is 3.10. The number of unbranched alkanes of at least 4 members (excludes halogenated alkanes) is 1. The summed E-state index contributed by atoms with van der Waals surface area (Å²) in [5.74, 6) is -0.252. The minimum Gasteiger partial charge on any atom is -0.494 e. The second-order valence-electron chi connectivity index (χ2n) is 8.97. The number of carbonyl (C=O) groups excluding carboxylic acids is 2. The lowest BCUT2D eigenvalue weighted by molar-refractivity contribution is -0.122. The van der Waals surface area contributed by atoms with E-state index in [1.54, 1.807) is 0 Å². The second-order valence-corrected chi connectivity index (χ2v) is 8.97. The normalized spacial score (nSPS) is 24.8. The van der Waals surface area contributed by atoms with Gasteiger partial charge in [-0.3, -0.25) is 9.59 Å². The molecule has 3 aromatic carbocycles. The van der Waals surface area contributed by atoms with E-state index in [1.807, 2.05) is 48.5 Å². The van der Waals surface area contributed by atoms with Gasteiger partial charge in [-0.2, -0.15) is 0 Å². The molecule has 4 heteroatoms. The second kappa shape index (κ2) is 7.33. The van der Waals surface area contributed by atoms with Crippen molar-refractivity contribution < 1.29 is 14.3 Å². The van der Waals surface area contributed by atoms with E-state index in [-0.39, 0.29) is 35.5 Å². The van der Waals surface area contributed by atoms with E-state index >= 15 is 0 Å². The van der Waals surface area contributed by atoms with Gasteiger partial charge in [0.05, 0.1) is 24.1 Å². The van der Waals surface area contributed by atoms with Crippen LogP contribution in [-0.4, -0.2) is 18.4 Å². The fraction of sp³-hybridized carbons (Fsp3) is 0.286. The van der Waals surface area contributed by atoms with E-state index in [1.165, 1.54) is 27.2 Å². The summed E-state index contributed by atoms with van der Waals surface area (Å²) in [6.07, 6.45) is 2.07. The number of benzene rings is 3. The first-order valence-electron chi connectivity index (χ1n) is 11.5. The zero-order valence-corrected chi connectivity index (χ0v) is 18.0. The standard InChI is InChI=1S/C28H25NO3/c1-2-3-16-32-18-14-12-17(13-15-18)29-27(30)25-23-19-8-4-5-9-20(19)24(26(25)28(29)31)22-11-7-6-10-21(22)23/h4-15,23-26H,2-3,16H2,1H3. The summed E-state index contributed by atoms with van der Waals surface area (Å²) in [6, 6.07) is 24.0. The highest BCUT2D eigenvalue weighted by molar-refractivity contribution is 6.23. The van der Waals surface area contributed by atoms with Crippen LogP contribution in [0.25, 0.3) is 0 Å². The fourth-order valence-corrected chi connectivity index (χ4v) is 5.96. The van der Waals surface area contributed by atoms with E-state index in [2.05, 4.69) is 31.2 Å². The molecule has 0 aromatic heterocycles. The van der Waals surface area contributed by atoms with Crippen LogP contribution in [0.3, 0.4) is 0 Å². The number of rotatable bonds is 5. The van der Waals surface area contributed by atoms with Crippen molar-refractivity contribution in [2.45, 2.75) is 31.6 Å². The van der Waals surface area contributed by atoms with Gasteiger partial charge in [-0.25, -0.2) is 4.90 Å². The number of imide groups is 1. The van der Waals surface area contributed by atoms with Crippen molar-refractivity contribution in [3.63, 3.8) is 0 Å². The van der Waals surface area contributed by atoms with Gasteiger partial charge < -0.3 is 4.74 Å². The van der Waals surface area contributed by atoms with Crippen LogP contribution >= 0.6 is 0 Å². The molecule has 3 aliphatic carbocycles. The van der Waals surface area contributed by atoms with E-state index < -0.39 is 0 Å². The first-order valence-corrected chi connectivity index (χ1v) is 11.5. The van der Waals surface area contributed by atoms with Crippen LogP contribution in [0.1, 0.15) is 53.9 Å². The Kier molecular flexibility index (Phi) is 4.42. The average molecular weight is 424 g/mol. The van der Waals surface area contributed by atoms with Crippen LogP contribution in [0.4, 0.5) is 5.69 Å². The molecule has 1 heterocycles. The smallest absolute Gasteiger partial charge is 0.238 e. The summed E-state index contributed by atoms with van der Waals surface area (Å²) in [7, 11) is 0. The molecule has 2 unspecified atom stereocenters. The lowest BCUT2D eigenvalue weighted by atomic mass is 9.55. The SMILES string of the molecule is CCCCOc1ccc(N2C(=O)C3C4c5ccccc5C(c5ccccc54)C3C2=O)cc1. The summed E-state index contributed by atoms with van der Waals surface area (Å²) in [5.41, 5.74) is 5.41. The number of amides is 2. The Morgan fingerprint density at radius 1 is 0.719 bits per heavy atom. The Bertz CT molecular complexity index is 1100. The molecule has 4 nitrogen and oxygen atoms in total. The van der Waals surface area contributed by atoms with Crippen LogP contribution in [0.5, 0.6) is 5.75 Å². The van der Waals surface area contributed by atoms with Crippen LogP contribution in [0, 0.1) is 11.8 Å².